The topological polar surface area (TPSA) is 96.5 Å². The zero-order valence-electron chi connectivity index (χ0n) is 18.9. The van der Waals surface area contributed by atoms with Crippen LogP contribution in [0.3, 0.4) is 0 Å². The van der Waals surface area contributed by atoms with Crippen LogP contribution < -0.4 is 5.32 Å². The maximum Gasteiger partial charge on any atom is 0.234 e. The van der Waals surface area contributed by atoms with Crippen LogP contribution in [0, 0.1) is 0 Å². The third-order valence-corrected chi connectivity index (χ3v) is 6.95. The molecule has 2 amide bonds. The van der Waals surface area contributed by atoms with Crippen LogP contribution in [0.2, 0.25) is 0 Å². The number of carbonyl (C=O) groups is 2. The summed E-state index contributed by atoms with van der Waals surface area (Å²) in [5.41, 5.74) is 1.12. The smallest absolute Gasteiger partial charge is 0.234 e. The lowest BCUT2D eigenvalue weighted by atomic mass is 10.2. The Morgan fingerprint density at radius 1 is 1.03 bits per heavy atom. The van der Waals surface area contributed by atoms with Gasteiger partial charge in [0.15, 0.2) is 10.9 Å². The van der Waals surface area contributed by atoms with Gasteiger partial charge in [0.2, 0.25) is 17.6 Å². The van der Waals surface area contributed by atoms with E-state index in [1.807, 2.05) is 39.8 Å². The number of hydrogen-bond donors (Lipinski definition) is 1. The summed E-state index contributed by atoms with van der Waals surface area (Å²) in [6.07, 6.45) is 3.80. The molecule has 2 aromatic heterocycles. The molecule has 10 heteroatoms. The van der Waals surface area contributed by atoms with Crippen molar-refractivity contribution in [2.75, 3.05) is 38.5 Å². The van der Waals surface area contributed by atoms with E-state index in [0.717, 1.165) is 18.4 Å². The molecule has 0 unspecified atom stereocenters. The normalized spacial score (nSPS) is 16.5. The van der Waals surface area contributed by atoms with Gasteiger partial charge >= 0.3 is 0 Å². The average molecular weight is 481 g/mol. The lowest BCUT2D eigenvalue weighted by Gasteiger charge is -2.34. The van der Waals surface area contributed by atoms with Gasteiger partial charge in [0.05, 0.1) is 25.1 Å². The zero-order valence-corrected chi connectivity index (χ0v) is 19.7. The quantitative estimate of drug-likeness (QED) is 0.469. The van der Waals surface area contributed by atoms with E-state index < -0.39 is 0 Å². The van der Waals surface area contributed by atoms with Crippen LogP contribution in [-0.2, 0) is 16.1 Å². The lowest BCUT2D eigenvalue weighted by Crippen LogP contribution is -2.51. The van der Waals surface area contributed by atoms with E-state index in [0.29, 0.717) is 62.1 Å². The van der Waals surface area contributed by atoms with Crippen molar-refractivity contribution >= 4 is 23.6 Å². The molecule has 0 spiro atoms. The summed E-state index contributed by atoms with van der Waals surface area (Å²) in [4.78, 5) is 28.9. The number of aromatic nitrogens is 3. The van der Waals surface area contributed by atoms with Crippen molar-refractivity contribution in [1.29, 1.82) is 0 Å². The molecular weight excluding hydrogens is 452 g/mol. The Morgan fingerprint density at radius 3 is 2.53 bits per heavy atom. The molecule has 1 saturated heterocycles. The highest BCUT2D eigenvalue weighted by Gasteiger charge is 2.27. The first-order chi connectivity index (χ1) is 16.7. The van der Waals surface area contributed by atoms with Gasteiger partial charge in [-0.2, -0.15) is 0 Å². The number of nitrogens with zero attached hydrogens (tertiary/aromatic N) is 5. The Hall–Kier alpha value is -3.11. The Balaban J connectivity index is 1.18. The summed E-state index contributed by atoms with van der Waals surface area (Å²) in [6, 6.07) is 14.1. The minimum atomic E-state index is 0.0703. The van der Waals surface area contributed by atoms with Crippen LogP contribution in [0.4, 0.5) is 0 Å². The molecule has 1 aliphatic carbocycles. The molecule has 2 fully saturated rings. The average Bonchev–Trinajstić information content (AvgIpc) is 3.33. The molecule has 3 heterocycles. The molecular formula is C24H28N6O3S. The third-order valence-electron chi connectivity index (χ3n) is 6.00. The number of hydrogen-bond acceptors (Lipinski definition) is 7. The van der Waals surface area contributed by atoms with Crippen LogP contribution >= 0.6 is 11.8 Å². The van der Waals surface area contributed by atoms with Crippen LogP contribution in [0.1, 0.15) is 18.4 Å². The van der Waals surface area contributed by atoms with Crippen LogP contribution in [0.15, 0.2) is 58.3 Å². The van der Waals surface area contributed by atoms with Crippen molar-refractivity contribution in [1.82, 2.24) is 29.9 Å². The van der Waals surface area contributed by atoms with Crippen molar-refractivity contribution in [3.63, 3.8) is 0 Å². The number of thioether (sulfide) groups is 1. The minimum absolute atomic E-state index is 0.0703. The second-order valence-electron chi connectivity index (χ2n) is 8.64. The fourth-order valence-corrected chi connectivity index (χ4v) is 4.81. The minimum Gasteiger partial charge on any atom is -0.461 e. The number of amides is 2. The van der Waals surface area contributed by atoms with E-state index in [4.69, 9.17) is 4.42 Å². The van der Waals surface area contributed by atoms with Crippen LogP contribution in [0.5, 0.6) is 0 Å². The second-order valence-corrected chi connectivity index (χ2v) is 9.59. The zero-order chi connectivity index (χ0) is 23.3. The van der Waals surface area contributed by atoms with Gasteiger partial charge in [-0.25, -0.2) is 0 Å². The predicted octanol–water partition coefficient (Wildman–Crippen LogP) is 2.10. The molecule has 0 atom stereocenters. The van der Waals surface area contributed by atoms with Gasteiger partial charge < -0.3 is 14.6 Å². The molecule has 34 heavy (non-hydrogen) atoms. The Bertz CT molecular complexity index is 1110. The van der Waals surface area contributed by atoms with Crippen LogP contribution in [0.25, 0.3) is 11.6 Å². The van der Waals surface area contributed by atoms with E-state index >= 15 is 0 Å². The number of nitrogens with one attached hydrogen (secondary N) is 1. The van der Waals surface area contributed by atoms with Gasteiger partial charge in [0.25, 0.3) is 0 Å². The largest absolute Gasteiger partial charge is 0.461 e. The Kier molecular flexibility index (Phi) is 6.96. The molecule has 5 rings (SSSR count). The number of carbonyl (C=O) groups excluding carboxylic acids is 2. The predicted molar refractivity (Wildman–Crippen MR) is 128 cm³/mol. The molecule has 1 aromatic carbocycles. The van der Waals surface area contributed by atoms with Crippen molar-refractivity contribution in [3.05, 3.63) is 54.3 Å². The van der Waals surface area contributed by atoms with Gasteiger partial charge in [0, 0.05) is 32.2 Å². The maximum absolute atomic E-state index is 12.9. The van der Waals surface area contributed by atoms with E-state index in [1.54, 1.807) is 6.26 Å². The highest BCUT2D eigenvalue weighted by Crippen LogP contribution is 2.26. The van der Waals surface area contributed by atoms with E-state index in [1.165, 1.54) is 11.8 Å². The summed E-state index contributed by atoms with van der Waals surface area (Å²) < 4.78 is 7.54. The molecule has 0 radical (unpaired) electrons. The first kappa shape index (κ1) is 22.7. The molecule has 1 saturated carbocycles. The van der Waals surface area contributed by atoms with Crippen molar-refractivity contribution in [2.24, 2.45) is 0 Å². The molecule has 1 aliphatic heterocycles. The summed E-state index contributed by atoms with van der Waals surface area (Å²) in [5, 5.41) is 12.4. The van der Waals surface area contributed by atoms with Crippen molar-refractivity contribution in [2.45, 2.75) is 30.6 Å². The number of piperazine rings is 1. The standard InChI is InChI=1S/C24H28N6O3S/c31-21(25-19-8-9-19)16-28-10-12-29(13-11-28)22(32)17-34-24-27-26-23(20-7-4-14-33-20)30(24)15-18-5-2-1-3-6-18/h1-7,14,19H,8-13,15-17H2,(H,25,31). The SMILES string of the molecule is O=C(CN1CCN(C(=O)CSc2nnc(-c3ccco3)n2Cc2ccccc2)CC1)NC1CC1. The summed E-state index contributed by atoms with van der Waals surface area (Å²) >= 11 is 1.39. The fourth-order valence-electron chi connectivity index (χ4n) is 3.97. The Labute approximate surface area is 202 Å². The fraction of sp³-hybridized carbons (Fsp3) is 0.417. The lowest BCUT2D eigenvalue weighted by molar-refractivity contribution is -0.130. The van der Waals surface area contributed by atoms with Crippen LogP contribution in [-0.4, -0.2) is 80.9 Å². The van der Waals surface area contributed by atoms with Crippen molar-refractivity contribution in [3.8, 4) is 11.6 Å². The number of furan rings is 1. The molecule has 9 nitrogen and oxygen atoms in total. The van der Waals surface area contributed by atoms with E-state index in [9.17, 15) is 9.59 Å². The summed E-state index contributed by atoms with van der Waals surface area (Å²) in [7, 11) is 0. The number of benzene rings is 1. The van der Waals surface area contributed by atoms with Crippen molar-refractivity contribution < 1.29 is 14.0 Å². The van der Waals surface area contributed by atoms with Gasteiger partial charge in [0.1, 0.15) is 0 Å². The first-order valence-electron chi connectivity index (χ1n) is 11.6. The van der Waals surface area contributed by atoms with E-state index in [2.05, 4.69) is 32.5 Å². The van der Waals surface area contributed by atoms with E-state index in [-0.39, 0.29) is 17.6 Å². The highest BCUT2D eigenvalue weighted by atomic mass is 32.2. The van der Waals surface area contributed by atoms with Gasteiger partial charge in [-0.3, -0.25) is 19.1 Å². The Morgan fingerprint density at radius 2 is 1.82 bits per heavy atom. The number of rotatable bonds is 9. The van der Waals surface area contributed by atoms with Gasteiger partial charge in [-0.1, -0.05) is 42.1 Å². The maximum atomic E-state index is 12.9. The third kappa shape index (κ3) is 5.68. The molecule has 2 aliphatic rings. The highest BCUT2D eigenvalue weighted by molar-refractivity contribution is 7.99. The molecule has 3 aromatic rings. The summed E-state index contributed by atoms with van der Waals surface area (Å²) in [6.45, 7) is 3.67. The monoisotopic (exact) mass is 480 g/mol. The first-order valence-corrected chi connectivity index (χ1v) is 12.6. The second kappa shape index (κ2) is 10.4. The van der Waals surface area contributed by atoms with Gasteiger partial charge in [-0.05, 0) is 30.5 Å². The molecule has 178 valence electrons. The van der Waals surface area contributed by atoms with Gasteiger partial charge in [-0.15, -0.1) is 10.2 Å². The summed E-state index contributed by atoms with van der Waals surface area (Å²) in [5.74, 6) is 1.72. The molecule has 1 N–H and O–H groups in total. The molecule has 0 bridgehead atoms.